The number of hydrogen-bond acceptors (Lipinski definition) is 3. The van der Waals surface area contributed by atoms with E-state index in [9.17, 15) is 4.79 Å². The second kappa shape index (κ2) is 8.21. The molecule has 2 heterocycles. The number of nitrogens with two attached hydrogens (primary N) is 1. The summed E-state index contributed by atoms with van der Waals surface area (Å²) in [5.74, 6) is 0.634. The molecule has 29 heavy (non-hydrogen) atoms. The number of hydrogen-bond donors (Lipinski definition) is 2. The van der Waals surface area contributed by atoms with Gasteiger partial charge in [0.25, 0.3) is 0 Å². The van der Waals surface area contributed by atoms with Crippen molar-refractivity contribution in [1.29, 1.82) is 0 Å². The van der Waals surface area contributed by atoms with Crippen LogP contribution in [0.1, 0.15) is 45.3 Å². The highest BCUT2D eigenvalue weighted by Gasteiger charge is 2.37. The van der Waals surface area contributed by atoms with Crippen molar-refractivity contribution >= 4 is 5.91 Å². The first kappa shape index (κ1) is 19.4. The van der Waals surface area contributed by atoms with Gasteiger partial charge in [-0.3, -0.25) is 9.89 Å². The molecule has 0 aliphatic carbocycles. The summed E-state index contributed by atoms with van der Waals surface area (Å²) in [6.07, 6.45) is 2.22. The number of carbonyl (C=O) groups excluding carboxylic acids is 1. The number of H-pyrrole nitrogens is 1. The molecule has 1 amide bonds. The maximum absolute atomic E-state index is 13.1. The first-order chi connectivity index (χ1) is 14.0. The van der Waals surface area contributed by atoms with Crippen LogP contribution >= 0.6 is 0 Å². The lowest BCUT2D eigenvalue weighted by Crippen LogP contribution is -2.30. The fourth-order valence-corrected chi connectivity index (χ4v) is 4.23. The van der Waals surface area contributed by atoms with Crippen LogP contribution in [-0.4, -0.2) is 34.1 Å². The normalized spacial score (nSPS) is 18.9. The Morgan fingerprint density at radius 3 is 2.41 bits per heavy atom. The lowest BCUT2D eigenvalue weighted by molar-refractivity contribution is -0.129. The molecule has 5 heteroatoms. The first-order valence-electron chi connectivity index (χ1n) is 10.2. The van der Waals surface area contributed by atoms with Crippen LogP contribution < -0.4 is 5.73 Å². The Hall–Kier alpha value is -2.92. The van der Waals surface area contributed by atoms with Gasteiger partial charge < -0.3 is 10.6 Å². The topological polar surface area (TPSA) is 75.0 Å². The van der Waals surface area contributed by atoms with Crippen LogP contribution in [-0.2, 0) is 17.8 Å². The molecule has 4 rings (SSSR count). The van der Waals surface area contributed by atoms with Crippen LogP contribution in [0.3, 0.4) is 0 Å². The predicted octanol–water partition coefficient (Wildman–Crippen LogP) is 3.44. The third kappa shape index (κ3) is 4.10. The number of amides is 1. The van der Waals surface area contributed by atoms with Gasteiger partial charge in [0.15, 0.2) is 0 Å². The molecular weight excluding hydrogens is 360 g/mol. The molecule has 0 bridgehead atoms. The van der Waals surface area contributed by atoms with Crippen molar-refractivity contribution in [3.8, 4) is 0 Å². The monoisotopic (exact) mass is 388 g/mol. The molecule has 1 aliphatic rings. The van der Waals surface area contributed by atoms with Crippen LogP contribution in [0.2, 0.25) is 0 Å². The van der Waals surface area contributed by atoms with Gasteiger partial charge in [0.2, 0.25) is 5.91 Å². The van der Waals surface area contributed by atoms with Crippen LogP contribution in [0, 0.1) is 13.8 Å². The zero-order valence-electron chi connectivity index (χ0n) is 17.1. The highest BCUT2D eigenvalue weighted by atomic mass is 16.2. The minimum absolute atomic E-state index is 0.179. The van der Waals surface area contributed by atoms with Crippen molar-refractivity contribution in [1.82, 2.24) is 15.1 Å². The van der Waals surface area contributed by atoms with Gasteiger partial charge in [-0.15, -0.1) is 0 Å². The number of aryl methyl sites for hydroxylation is 2. The first-order valence-corrected chi connectivity index (χ1v) is 10.2. The molecule has 1 aliphatic heterocycles. The summed E-state index contributed by atoms with van der Waals surface area (Å²) in [6, 6.07) is 16.8. The fourth-order valence-electron chi connectivity index (χ4n) is 4.23. The van der Waals surface area contributed by atoms with Gasteiger partial charge in [-0.05, 0) is 47.7 Å². The molecular formula is C24H28N4O. The zero-order valence-corrected chi connectivity index (χ0v) is 17.1. The highest BCUT2D eigenvalue weighted by Crippen LogP contribution is 2.39. The Balaban J connectivity index is 1.55. The molecule has 1 fully saturated rings. The number of likely N-dealkylation sites (tertiary alicyclic amines) is 1. The second-order valence-electron chi connectivity index (χ2n) is 8.06. The molecule has 1 aromatic heterocycles. The molecule has 2 atom stereocenters. The maximum Gasteiger partial charge on any atom is 0.227 e. The van der Waals surface area contributed by atoms with E-state index >= 15 is 0 Å². The van der Waals surface area contributed by atoms with E-state index in [1.54, 1.807) is 6.20 Å². The SMILES string of the molecule is Cc1ccc(CC(=O)N2C[C@@H](c3ccc(CN)cc3)[C@H](c3ccn[nH]3)C2)cc1C. The lowest BCUT2D eigenvalue weighted by Gasteiger charge is -2.17. The number of carbonyl (C=O) groups is 1. The van der Waals surface area contributed by atoms with Gasteiger partial charge in [0, 0.05) is 43.4 Å². The van der Waals surface area contributed by atoms with E-state index < -0.39 is 0 Å². The molecule has 3 N–H and O–H groups in total. The summed E-state index contributed by atoms with van der Waals surface area (Å²) in [5, 5.41) is 7.25. The van der Waals surface area contributed by atoms with Crippen LogP contribution in [0.15, 0.2) is 54.7 Å². The summed E-state index contributed by atoms with van der Waals surface area (Å²) in [7, 11) is 0. The predicted molar refractivity (Wildman–Crippen MR) is 115 cm³/mol. The molecule has 150 valence electrons. The molecule has 0 spiro atoms. The Kier molecular flexibility index (Phi) is 5.49. The Labute approximate surface area is 171 Å². The lowest BCUT2D eigenvalue weighted by atomic mass is 9.86. The summed E-state index contributed by atoms with van der Waals surface area (Å²) >= 11 is 0. The van der Waals surface area contributed by atoms with Crippen molar-refractivity contribution in [2.45, 2.75) is 38.6 Å². The average molecular weight is 389 g/mol. The van der Waals surface area contributed by atoms with E-state index in [1.807, 2.05) is 11.0 Å². The van der Waals surface area contributed by atoms with Gasteiger partial charge in [-0.2, -0.15) is 5.10 Å². The minimum atomic E-state index is 0.179. The number of nitrogens with zero attached hydrogens (tertiary/aromatic N) is 2. The number of rotatable bonds is 5. The Morgan fingerprint density at radius 2 is 1.76 bits per heavy atom. The van der Waals surface area contributed by atoms with E-state index in [0.717, 1.165) is 23.4 Å². The highest BCUT2D eigenvalue weighted by molar-refractivity contribution is 5.79. The average Bonchev–Trinajstić information content (AvgIpc) is 3.40. The van der Waals surface area contributed by atoms with Crippen molar-refractivity contribution in [3.63, 3.8) is 0 Å². The third-order valence-electron chi connectivity index (χ3n) is 6.16. The maximum atomic E-state index is 13.1. The largest absolute Gasteiger partial charge is 0.341 e. The van der Waals surface area contributed by atoms with E-state index in [2.05, 4.69) is 66.5 Å². The van der Waals surface area contributed by atoms with Crippen molar-refractivity contribution in [3.05, 3.63) is 88.2 Å². The van der Waals surface area contributed by atoms with E-state index in [4.69, 9.17) is 5.73 Å². The molecule has 0 radical (unpaired) electrons. The Bertz CT molecular complexity index is 979. The van der Waals surface area contributed by atoms with Crippen LogP contribution in [0.5, 0.6) is 0 Å². The molecule has 0 saturated carbocycles. The number of nitrogens with one attached hydrogen (secondary N) is 1. The van der Waals surface area contributed by atoms with Crippen molar-refractivity contribution in [2.24, 2.45) is 5.73 Å². The van der Waals surface area contributed by atoms with Gasteiger partial charge in [-0.25, -0.2) is 0 Å². The summed E-state index contributed by atoms with van der Waals surface area (Å²) in [4.78, 5) is 15.1. The Morgan fingerprint density at radius 1 is 1.03 bits per heavy atom. The van der Waals surface area contributed by atoms with Crippen molar-refractivity contribution in [2.75, 3.05) is 13.1 Å². The third-order valence-corrected chi connectivity index (χ3v) is 6.16. The smallest absolute Gasteiger partial charge is 0.227 e. The molecule has 1 saturated heterocycles. The van der Waals surface area contributed by atoms with Crippen LogP contribution in [0.25, 0.3) is 0 Å². The molecule has 5 nitrogen and oxygen atoms in total. The molecule has 3 aromatic rings. The molecule has 0 unspecified atom stereocenters. The van der Waals surface area contributed by atoms with Crippen molar-refractivity contribution < 1.29 is 4.79 Å². The minimum Gasteiger partial charge on any atom is -0.341 e. The quantitative estimate of drug-likeness (QED) is 0.703. The number of benzene rings is 2. The van der Waals surface area contributed by atoms with E-state index in [1.165, 1.54) is 16.7 Å². The second-order valence-corrected chi connectivity index (χ2v) is 8.06. The standard InChI is InChI=1S/C24H28N4O/c1-16-3-4-19(11-17(16)2)12-24(29)28-14-21(20-7-5-18(13-25)6-8-20)22(15-28)23-9-10-26-27-23/h3-11,21-22H,12-15,25H2,1-2H3,(H,26,27)/t21-,22+/m0/s1. The number of aromatic amines is 1. The van der Waals surface area contributed by atoms with Gasteiger partial charge in [0.1, 0.15) is 0 Å². The summed E-state index contributed by atoms with van der Waals surface area (Å²) in [5.41, 5.74) is 12.7. The zero-order chi connectivity index (χ0) is 20.4. The summed E-state index contributed by atoms with van der Waals surface area (Å²) < 4.78 is 0. The van der Waals surface area contributed by atoms with Gasteiger partial charge in [0.05, 0.1) is 6.42 Å². The van der Waals surface area contributed by atoms with Gasteiger partial charge >= 0.3 is 0 Å². The van der Waals surface area contributed by atoms with E-state index in [-0.39, 0.29) is 17.7 Å². The molecule has 2 aromatic carbocycles. The fraction of sp³-hybridized carbons (Fsp3) is 0.333. The van der Waals surface area contributed by atoms with E-state index in [0.29, 0.717) is 19.5 Å². The van der Waals surface area contributed by atoms with Gasteiger partial charge in [-0.1, -0.05) is 42.5 Å². The number of aromatic nitrogens is 2. The van der Waals surface area contributed by atoms with Crippen LogP contribution in [0.4, 0.5) is 0 Å². The summed E-state index contributed by atoms with van der Waals surface area (Å²) in [6.45, 7) is 6.14.